The summed E-state index contributed by atoms with van der Waals surface area (Å²) in [6, 6.07) is 29.4. The number of methoxy groups -OCH3 is 3. The summed E-state index contributed by atoms with van der Waals surface area (Å²) in [5, 5.41) is 84.5. The number of carbonyl (C=O) groups is 1. The molecule has 584 valence electrons. The number of esters is 1. The molecule has 0 amide bonds. The fourth-order valence-corrected chi connectivity index (χ4v) is 20.7. The second-order valence-corrected chi connectivity index (χ2v) is 32.2. The molecule has 6 saturated carbocycles. The third-order valence-corrected chi connectivity index (χ3v) is 26.2. The van der Waals surface area contributed by atoms with E-state index in [0.717, 1.165) is 157 Å². The number of nitro benzene ring substituents is 2. The number of ether oxygens (including phenoxy) is 4. The van der Waals surface area contributed by atoms with Crippen LogP contribution in [0, 0.1) is 72.0 Å². The van der Waals surface area contributed by atoms with Gasteiger partial charge in [-0.3, -0.25) is 25.0 Å². The molecule has 0 aliphatic heterocycles. The first-order chi connectivity index (χ1) is 52.7. The molecule has 0 spiro atoms. The van der Waals surface area contributed by atoms with E-state index < -0.39 is 15.4 Å². The fraction of sp³-hybridized carbons (Fsp3) is 0.488. The van der Waals surface area contributed by atoms with Crippen LogP contribution in [-0.2, 0) is 48.7 Å². The maximum absolute atomic E-state index is 12.6. The highest BCUT2D eigenvalue weighted by Crippen LogP contribution is 2.65. The van der Waals surface area contributed by atoms with Gasteiger partial charge in [-0.1, -0.05) is 58.7 Å². The number of halogens is 3. The van der Waals surface area contributed by atoms with Crippen LogP contribution in [0.4, 0.5) is 24.5 Å². The van der Waals surface area contributed by atoms with Crippen molar-refractivity contribution in [2.24, 2.45) is 77.5 Å². The van der Waals surface area contributed by atoms with E-state index in [9.17, 15) is 58.7 Å². The number of alkyl halides is 3. The molecule has 0 heterocycles. The number of carbonyl (C=O) groups excluding carboxylic acids is 1. The van der Waals surface area contributed by atoms with Gasteiger partial charge in [-0.2, -0.15) is 13.2 Å². The summed E-state index contributed by atoms with van der Waals surface area (Å²) in [5.41, 5.74) is 7.93. The molecule has 24 nitrogen and oxygen atoms in total. The first-order valence-corrected chi connectivity index (χ1v) is 38.1. The van der Waals surface area contributed by atoms with E-state index in [1.165, 1.54) is 50.4 Å². The monoisotopic (exact) mass is 1540 g/mol. The molecule has 6 aromatic carbocycles. The Balaban J connectivity index is 0.000000145. The van der Waals surface area contributed by atoms with Gasteiger partial charge in [0.25, 0.3) is 11.4 Å². The lowest BCUT2D eigenvalue weighted by Crippen LogP contribution is -2.46. The van der Waals surface area contributed by atoms with Crippen molar-refractivity contribution in [1.82, 2.24) is 0 Å². The van der Waals surface area contributed by atoms with Crippen molar-refractivity contribution in [1.29, 1.82) is 0 Å². The highest BCUT2D eigenvalue weighted by atomic mass is 32.2. The third kappa shape index (κ3) is 15.6. The zero-order chi connectivity index (χ0) is 78.1. The number of fused-ring (bicyclic) bond motifs is 15. The van der Waals surface area contributed by atoms with Gasteiger partial charge >= 0.3 is 11.5 Å². The van der Waals surface area contributed by atoms with Gasteiger partial charge in [-0.25, -0.2) is 0 Å². The van der Waals surface area contributed by atoms with Crippen LogP contribution < -0.4 is 14.2 Å². The standard InChI is InChI=1S/C28H32N2O7.C27H29F3N2O4S.C27H31N3O6/c1-16(31)37-27-9-8-23-21-12-24(29-36-15-17-4-6-18(7-5-17)30(33)34)22-13-25(32)26(35-3)14-20(22)19(21)10-11-28(23,27)2;1-26-10-9-17-18-13-24(35-2)23(33)12-20(18)22(11-19(17)21(26)7-8-25(26)31-34)32-36-14-15-3-5-16(6-4-15)37-27(28,29)30;1-27-11-10-18-19-14-25(34-2)24(31)13-21(19)23(12-20(18)22(27)8-9-26(27)29-35-3)28-36-15-16-4-6-17(7-5-16)30(32)33/h4-7,13-14,19,21,23,27,32H,8-12,15H2,1-3H3;3-6,12-13,17,19,21,33-34H,7-11,14H2,1-2H3;4-7,13-14,18,20,22,31H,8-12,15H2,1-3H3/b29-24+;31-25+,32-22+;28-23+,29-26+/t19-,21-,23+,27+,28+;17-,19-,21+,26+;18-,20-,22+,27+/m111/s1. The number of rotatable bonds is 17. The number of thioether (sulfide) groups is 1. The van der Waals surface area contributed by atoms with Crippen molar-refractivity contribution < 1.29 is 86.6 Å². The van der Waals surface area contributed by atoms with E-state index in [-0.39, 0.29) is 111 Å². The number of non-ortho nitro benzene ring substituents is 2. The summed E-state index contributed by atoms with van der Waals surface area (Å²) in [7, 11) is 6.24. The predicted octanol–water partition coefficient (Wildman–Crippen LogP) is 18.1. The minimum Gasteiger partial charge on any atom is -0.504 e. The summed E-state index contributed by atoms with van der Waals surface area (Å²) in [6.45, 7) is 8.70. The molecular weight excluding hydrogens is 1440 g/mol. The molecule has 28 heteroatoms. The smallest absolute Gasteiger partial charge is 0.446 e. The molecule has 6 fully saturated rings. The molecule has 110 heavy (non-hydrogen) atoms. The van der Waals surface area contributed by atoms with E-state index in [1.807, 2.05) is 18.2 Å². The zero-order valence-electron chi connectivity index (χ0n) is 62.7. The van der Waals surface area contributed by atoms with Crippen LogP contribution in [0.15, 0.2) is 140 Å². The highest BCUT2D eigenvalue weighted by molar-refractivity contribution is 8.00. The second-order valence-electron chi connectivity index (χ2n) is 31.0. The van der Waals surface area contributed by atoms with Crippen LogP contribution in [0.5, 0.6) is 34.5 Å². The summed E-state index contributed by atoms with van der Waals surface area (Å²) >= 11 is -0.154. The molecule has 0 unspecified atom stereocenters. The maximum Gasteiger partial charge on any atom is 0.446 e. The van der Waals surface area contributed by atoms with Crippen molar-refractivity contribution in [2.75, 3.05) is 28.4 Å². The number of benzene rings is 6. The summed E-state index contributed by atoms with van der Waals surface area (Å²) in [5.74, 6) is 4.17. The summed E-state index contributed by atoms with van der Waals surface area (Å²) in [6.07, 6.45) is 13.4. The average Bonchev–Trinajstić information content (AvgIpc) is 1.46. The average molecular weight is 1540 g/mol. The lowest BCUT2D eigenvalue weighted by Gasteiger charge is -2.50. The van der Waals surface area contributed by atoms with Gasteiger partial charge in [0.1, 0.15) is 33.0 Å². The lowest BCUT2D eigenvalue weighted by molar-refractivity contribution is -0.385. The third-order valence-electron chi connectivity index (χ3n) is 25.5. The Hall–Kier alpha value is -10.1. The quantitative estimate of drug-likeness (QED) is 0.0217. The van der Waals surface area contributed by atoms with Gasteiger partial charge in [-0.15, -0.1) is 0 Å². The first kappa shape index (κ1) is 78.0. The lowest BCUT2D eigenvalue weighted by atomic mass is 9.55. The Bertz CT molecular complexity index is 4620. The van der Waals surface area contributed by atoms with Crippen LogP contribution in [0.25, 0.3) is 0 Å². The number of oxime groups is 5. The number of phenolic OH excluding ortho intramolecular Hbond substituents is 3. The molecule has 6 aromatic rings. The molecular formula is C82H92F3N7O17S. The fourth-order valence-electron chi connectivity index (χ4n) is 20.2. The van der Waals surface area contributed by atoms with Gasteiger partial charge in [0.15, 0.2) is 34.5 Å². The van der Waals surface area contributed by atoms with Crippen molar-refractivity contribution in [3.05, 3.63) is 179 Å². The molecule has 0 radical (unpaired) electrons. The topological polar surface area (TPSA) is 320 Å². The highest BCUT2D eigenvalue weighted by Gasteiger charge is 2.59. The van der Waals surface area contributed by atoms with Crippen LogP contribution in [0.1, 0.15) is 192 Å². The Labute approximate surface area is 639 Å². The molecule has 4 N–H and O–H groups in total. The maximum atomic E-state index is 12.6. The van der Waals surface area contributed by atoms with Crippen molar-refractivity contribution in [3.8, 4) is 34.5 Å². The van der Waals surface area contributed by atoms with E-state index in [0.29, 0.717) is 71.2 Å². The minimum absolute atomic E-state index is 0.000405. The van der Waals surface area contributed by atoms with E-state index in [4.69, 9.17) is 38.3 Å². The Morgan fingerprint density at radius 2 is 0.909 bits per heavy atom. The first-order valence-electron chi connectivity index (χ1n) is 37.3. The molecule has 0 aromatic heterocycles. The van der Waals surface area contributed by atoms with Gasteiger partial charge in [0, 0.05) is 69.0 Å². The van der Waals surface area contributed by atoms with Crippen molar-refractivity contribution in [3.63, 3.8) is 0 Å². The molecule has 0 bridgehead atoms. The normalized spacial score (nSPS) is 29.0. The van der Waals surface area contributed by atoms with Crippen molar-refractivity contribution in [2.45, 2.75) is 178 Å². The SMILES string of the molecule is CO/N=C1\CC[C@H]2[C@@H]3C/C(=N\OCc4ccc([N+](=O)[O-])cc4)c4cc(O)c(OC)cc4[C@H]3CC[C@]12C.COc1cc2c(cc1O)/C(=N/OCc1ccc(SC(F)(F)F)cc1)C[C@@H]1[C@@H]2CC[C@]2(C)/C(=N/O)CC[C@@H]12.COc1cc2c(cc1O)/C(=N/OCc1ccc([N+](=O)[O-])cc1)C[C@@H]1[C@@H]2CC[C@]2(C)[C@@H](OC(C)=O)CC[C@@H]12. The Kier molecular flexibility index (Phi) is 22.7. The number of phenols is 3. The van der Waals surface area contributed by atoms with Gasteiger partial charge in [0.05, 0.1) is 59.7 Å². The van der Waals surface area contributed by atoms with Gasteiger partial charge in [-0.05, 0) is 268 Å². The molecule has 0 saturated heterocycles. The number of nitro groups is 2. The molecule has 15 rings (SSSR count). The molecule has 9 aliphatic rings. The van der Waals surface area contributed by atoms with E-state index >= 15 is 0 Å². The van der Waals surface area contributed by atoms with E-state index in [2.05, 4.69) is 46.5 Å². The largest absolute Gasteiger partial charge is 0.504 e. The van der Waals surface area contributed by atoms with Crippen LogP contribution in [-0.4, -0.2) is 105 Å². The number of hydrogen-bond acceptors (Lipinski definition) is 23. The van der Waals surface area contributed by atoms with Crippen molar-refractivity contribution >= 4 is 57.7 Å². The summed E-state index contributed by atoms with van der Waals surface area (Å²) < 4.78 is 59.8. The van der Waals surface area contributed by atoms with Gasteiger partial charge in [0.2, 0.25) is 0 Å². The van der Waals surface area contributed by atoms with E-state index in [1.54, 1.807) is 75.9 Å². The van der Waals surface area contributed by atoms with Crippen LogP contribution in [0.2, 0.25) is 0 Å². The zero-order valence-corrected chi connectivity index (χ0v) is 63.5. The van der Waals surface area contributed by atoms with Crippen LogP contribution >= 0.6 is 11.8 Å². The predicted molar refractivity (Wildman–Crippen MR) is 404 cm³/mol. The number of nitrogens with zero attached hydrogens (tertiary/aromatic N) is 7. The number of hydrogen-bond donors (Lipinski definition) is 4. The Morgan fingerprint density at radius 3 is 1.28 bits per heavy atom. The van der Waals surface area contributed by atoms with Gasteiger partial charge < -0.3 is 58.8 Å². The second kappa shape index (κ2) is 32.1. The minimum atomic E-state index is -4.33. The molecule has 13 atom stereocenters. The van der Waals surface area contributed by atoms with Crippen LogP contribution in [0.3, 0.4) is 0 Å². The molecule has 9 aliphatic carbocycles. The Morgan fingerprint density at radius 1 is 0.527 bits per heavy atom. The summed E-state index contributed by atoms with van der Waals surface area (Å²) in [4.78, 5) is 55.2. The number of aromatic hydroxyl groups is 3.